The largest absolute Gasteiger partial charge is 0.491 e. The molecule has 0 bridgehead atoms. The first-order valence-electron chi connectivity index (χ1n) is 5.16. The summed E-state index contributed by atoms with van der Waals surface area (Å²) in [5, 5.41) is 9.02. The van der Waals surface area contributed by atoms with Crippen LogP contribution in [0.25, 0.3) is 0 Å². The highest BCUT2D eigenvalue weighted by Gasteiger charge is 2.04. The molecule has 0 aliphatic heterocycles. The van der Waals surface area contributed by atoms with E-state index in [4.69, 9.17) is 14.6 Å². The highest BCUT2D eigenvalue weighted by molar-refractivity contribution is 5.20. The third kappa shape index (κ3) is 5.40. The smallest absolute Gasteiger partial charge is 0.119 e. The molecule has 0 aliphatic rings. The number of rotatable bonds is 6. The Labute approximate surface area is 90.6 Å². The van der Waals surface area contributed by atoms with E-state index >= 15 is 0 Å². The average Bonchev–Trinajstić information content (AvgIpc) is 2.25. The molecule has 1 N–H and O–H groups in total. The number of hydrogen-bond acceptors (Lipinski definition) is 3. The lowest BCUT2D eigenvalue weighted by atomic mass is 10.3. The Morgan fingerprint density at radius 2 is 1.80 bits per heavy atom. The number of para-hydroxylation sites is 1. The molecule has 0 saturated heterocycles. The minimum absolute atomic E-state index is 0.0141. The van der Waals surface area contributed by atoms with E-state index in [0.29, 0.717) is 13.2 Å². The van der Waals surface area contributed by atoms with Crippen LogP contribution in [0, 0.1) is 0 Å². The Morgan fingerprint density at radius 1 is 1.13 bits per heavy atom. The van der Waals surface area contributed by atoms with Crippen molar-refractivity contribution in [2.45, 2.75) is 26.1 Å². The number of ether oxygens (including phenoxy) is 2. The van der Waals surface area contributed by atoms with Crippen LogP contribution in [0.4, 0.5) is 0 Å². The van der Waals surface area contributed by atoms with Gasteiger partial charge in [0.25, 0.3) is 0 Å². The third-order valence-electron chi connectivity index (χ3n) is 1.85. The van der Waals surface area contributed by atoms with Crippen LogP contribution in [0.1, 0.15) is 13.8 Å². The molecular formula is C12H18O3. The molecule has 1 aromatic rings. The van der Waals surface area contributed by atoms with Gasteiger partial charge < -0.3 is 14.6 Å². The lowest BCUT2D eigenvalue weighted by molar-refractivity contribution is -0.0132. The molecule has 0 aliphatic carbocycles. The summed E-state index contributed by atoms with van der Waals surface area (Å²) in [5.74, 6) is 0.838. The monoisotopic (exact) mass is 210 g/mol. The van der Waals surface area contributed by atoms with E-state index in [2.05, 4.69) is 0 Å². The highest BCUT2D eigenvalue weighted by atomic mass is 16.5. The summed E-state index contributed by atoms with van der Waals surface area (Å²) in [4.78, 5) is 0. The zero-order valence-electron chi connectivity index (χ0n) is 9.22. The maximum atomic E-state index is 9.02. The van der Waals surface area contributed by atoms with Crippen LogP contribution in [-0.2, 0) is 4.74 Å². The first-order chi connectivity index (χ1) is 7.18. The van der Waals surface area contributed by atoms with E-state index < -0.39 is 6.10 Å². The second-order valence-corrected chi connectivity index (χ2v) is 3.62. The zero-order valence-corrected chi connectivity index (χ0v) is 9.22. The maximum Gasteiger partial charge on any atom is 0.119 e. The Hall–Kier alpha value is -1.06. The minimum atomic E-state index is -0.427. The van der Waals surface area contributed by atoms with Gasteiger partial charge in [-0.25, -0.2) is 0 Å². The molecule has 1 aromatic carbocycles. The van der Waals surface area contributed by atoms with E-state index in [0.717, 1.165) is 5.75 Å². The third-order valence-corrected chi connectivity index (χ3v) is 1.85. The lowest BCUT2D eigenvalue weighted by Crippen LogP contribution is -2.22. The van der Waals surface area contributed by atoms with Crippen LogP contribution in [-0.4, -0.2) is 30.5 Å². The Balaban J connectivity index is 2.19. The number of benzene rings is 1. The Morgan fingerprint density at radius 3 is 2.40 bits per heavy atom. The van der Waals surface area contributed by atoms with Gasteiger partial charge in [0, 0.05) is 0 Å². The van der Waals surface area contributed by atoms with Gasteiger partial charge in [-0.3, -0.25) is 0 Å². The standard InChI is InChI=1S/C12H18O3/c1-10(13)8-14-11(2)9-15-12-6-4-3-5-7-12/h3-7,10-11,13H,8-9H2,1-2H3. The van der Waals surface area contributed by atoms with Crippen LogP contribution in [0.15, 0.2) is 30.3 Å². The van der Waals surface area contributed by atoms with Crippen LogP contribution < -0.4 is 4.74 Å². The quantitative estimate of drug-likeness (QED) is 0.778. The van der Waals surface area contributed by atoms with Crippen LogP contribution in [0.2, 0.25) is 0 Å². The fourth-order valence-electron chi connectivity index (χ4n) is 1.08. The Kier molecular flexibility index (Phi) is 5.15. The summed E-state index contributed by atoms with van der Waals surface area (Å²) in [6, 6.07) is 9.61. The van der Waals surface area contributed by atoms with Crippen molar-refractivity contribution in [3.05, 3.63) is 30.3 Å². The molecule has 2 unspecified atom stereocenters. The predicted molar refractivity (Wildman–Crippen MR) is 59.0 cm³/mol. The van der Waals surface area contributed by atoms with Crippen LogP contribution >= 0.6 is 0 Å². The molecular weight excluding hydrogens is 192 g/mol. The SMILES string of the molecule is CC(O)COC(C)COc1ccccc1. The van der Waals surface area contributed by atoms with E-state index in [9.17, 15) is 0 Å². The van der Waals surface area contributed by atoms with Gasteiger partial charge in [-0.05, 0) is 26.0 Å². The molecule has 3 heteroatoms. The second kappa shape index (κ2) is 6.43. The normalized spacial score (nSPS) is 14.6. The van der Waals surface area contributed by atoms with Gasteiger partial charge in [-0.15, -0.1) is 0 Å². The fraction of sp³-hybridized carbons (Fsp3) is 0.500. The Bertz CT molecular complexity index is 259. The summed E-state index contributed by atoms with van der Waals surface area (Å²) in [6.45, 7) is 4.46. The van der Waals surface area contributed by atoms with Crippen LogP contribution in [0.5, 0.6) is 5.75 Å². The fourth-order valence-corrected chi connectivity index (χ4v) is 1.08. The molecule has 0 aromatic heterocycles. The summed E-state index contributed by atoms with van der Waals surface area (Å²) >= 11 is 0. The van der Waals surface area contributed by atoms with Crippen molar-refractivity contribution < 1.29 is 14.6 Å². The molecule has 84 valence electrons. The van der Waals surface area contributed by atoms with E-state index in [1.54, 1.807) is 6.92 Å². The maximum absolute atomic E-state index is 9.02. The van der Waals surface area contributed by atoms with Crippen molar-refractivity contribution in [3.8, 4) is 5.75 Å². The molecule has 15 heavy (non-hydrogen) atoms. The van der Waals surface area contributed by atoms with Crippen LogP contribution in [0.3, 0.4) is 0 Å². The van der Waals surface area contributed by atoms with Crippen molar-refractivity contribution in [2.75, 3.05) is 13.2 Å². The van der Waals surface area contributed by atoms with Crippen molar-refractivity contribution in [2.24, 2.45) is 0 Å². The van der Waals surface area contributed by atoms with Gasteiger partial charge >= 0.3 is 0 Å². The predicted octanol–water partition coefficient (Wildman–Crippen LogP) is 1.85. The van der Waals surface area contributed by atoms with E-state index in [1.165, 1.54) is 0 Å². The average molecular weight is 210 g/mol. The summed E-state index contributed by atoms with van der Waals surface area (Å²) < 4.78 is 10.8. The first kappa shape index (κ1) is 12.0. The number of aliphatic hydroxyl groups excluding tert-OH is 1. The summed E-state index contributed by atoms with van der Waals surface area (Å²) in [5.41, 5.74) is 0. The molecule has 0 saturated carbocycles. The zero-order chi connectivity index (χ0) is 11.1. The minimum Gasteiger partial charge on any atom is -0.491 e. The van der Waals surface area contributed by atoms with Gasteiger partial charge in [0.2, 0.25) is 0 Å². The molecule has 0 fully saturated rings. The van der Waals surface area contributed by atoms with Crippen molar-refractivity contribution >= 4 is 0 Å². The molecule has 2 atom stereocenters. The topological polar surface area (TPSA) is 38.7 Å². The van der Waals surface area contributed by atoms with Crippen molar-refractivity contribution in [1.29, 1.82) is 0 Å². The van der Waals surface area contributed by atoms with Gasteiger partial charge in [0.15, 0.2) is 0 Å². The highest BCUT2D eigenvalue weighted by Crippen LogP contribution is 2.09. The number of aliphatic hydroxyl groups is 1. The van der Waals surface area contributed by atoms with Crippen molar-refractivity contribution in [3.63, 3.8) is 0 Å². The molecule has 0 amide bonds. The number of hydrogen-bond donors (Lipinski definition) is 1. The second-order valence-electron chi connectivity index (χ2n) is 3.62. The molecule has 1 rings (SSSR count). The molecule has 3 nitrogen and oxygen atoms in total. The lowest BCUT2D eigenvalue weighted by Gasteiger charge is -2.15. The van der Waals surface area contributed by atoms with E-state index in [1.807, 2.05) is 37.3 Å². The van der Waals surface area contributed by atoms with Crippen molar-refractivity contribution in [1.82, 2.24) is 0 Å². The molecule has 0 heterocycles. The van der Waals surface area contributed by atoms with E-state index in [-0.39, 0.29) is 6.10 Å². The summed E-state index contributed by atoms with van der Waals surface area (Å²) in [7, 11) is 0. The van der Waals surface area contributed by atoms with Gasteiger partial charge in [-0.2, -0.15) is 0 Å². The van der Waals surface area contributed by atoms with Gasteiger partial charge in [-0.1, -0.05) is 18.2 Å². The molecule has 0 spiro atoms. The summed E-state index contributed by atoms with van der Waals surface area (Å²) in [6.07, 6.45) is -0.441. The molecule has 0 radical (unpaired) electrons. The van der Waals surface area contributed by atoms with Gasteiger partial charge in [0.1, 0.15) is 12.4 Å². The van der Waals surface area contributed by atoms with Gasteiger partial charge in [0.05, 0.1) is 18.8 Å². The first-order valence-corrected chi connectivity index (χ1v) is 5.16.